The molecule has 0 spiro atoms. The Labute approximate surface area is 139 Å². The van der Waals surface area contributed by atoms with Gasteiger partial charge in [-0.05, 0) is 31.4 Å². The van der Waals surface area contributed by atoms with Crippen LogP contribution in [0.2, 0.25) is 0 Å². The highest BCUT2D eigenvalue weighted by molar-refractivity contribution is 5.74. The van der Waals surface area contributed by atoms with Crippen molar-refractivity contribution in [2.24, 2.45) is 0 Å². The van der Waals surface area contributed by atoms with Crippen molar-refractivity contribution in [1.29, 1.82) is 0 Å². The predicted octanol–water partition coefficient (Wildman–Crippen LogP) is 0.730. The van der Waals surface area contributed by atoms with Crippen LogP contribution in [0.3, 0.4) is 0 Å². The number of carbonyl (C=O) groups is 1. The first-order chi connectivity index (χ1) is 11.7. The summed E-state index contributed by atoms with van der Waals surface area (Å²) in [6.07, 6.45) is 5.27. The van der Waals surface area contributed by atoms with Crippen LogP contribution in [-0.2, 0) is 6.54 Å². The zero-order valence-corrected chi connectivity index (χ0v) is 13.4. The largest absolute Gasteiger partial charge is 0.334 e. The zero-order chi connectivity index (χ0) is 16.5. The van der Waals surface area contributed by atoms with Crippen LogP contribution in [0.1, 0.15) is 25.0 Å². The lowest BCUT2D eigenvalue weighted by Crippen LogP contribution is -2.43. The first kappa shape index (κ1) is 15.1. The lowest BCUT2D eigenvalue weighted by atomic mass is 10.3. The molecule has 2 fully saturated rings. The lowest BCUT2D eigenvalue weighted by molar-refractivity contribution is 0.235. The summed E-state index contributed by atoms with van der Waals surface area (Å²) in [5, 5.41) is 5.81. The number of nitrogens with zero attached hydrogens (tertiary/aromatic N) is 3. The van der Waals surface area contributed by atoms with Crippen LogP contribution in [0, 0.1) is 0 Å². The number of rotatable bonds is 4. The van der Waals surface area contributed by atoms with Crippen molar-refractivity contribution >= 4 is 11.7 Å². The fourth-order valence-corrected chi connectivity index (χ4v) is 3.28. The number of hydrogen-bond donors (Lipinski definition) is 2. The molecule has 7 heteroatoms. The van der Waals surface area contributed by atoms with Gasteiger partial charge in [-0.1, -0.05) is 6.07 Å². The van der Waals surface area contributed by atoms with E-state index in [-0.39, 0.29) is 24.2 Å². The molecule has 24 heavy (non-hydrogen) atoms. The van der Waals surface area contributed by atoms with Crippen LogP contribution in [0.4, 0.5) is 4.79 Å². The molecule has 0 aromatic carbocycles. The maximum Gasteiger partial charge on any atom is 0.315 e. The number of carbonyl (C=O) groups excluding carboxylic acids is 1. The third kappa shape index (κ3) is 3.26. The third-order valence-corrected chi connectivity index (χ3v) is 4.67. The minimum atomic E-state index is -0.201. The Morgan fingerprint density at radius 3 is 3.00 bits per heavy atom. The van der Waals surface area contributed by atoms with Gasteiger partial charge in [0.1, 0.15) is 5.65 Å². The number of urea groups is 1. The summed E-state index contributed by atoms with van der Waals surface area (Å²) in [4.78, 5) is 30.9. The van der Waals surface area contributed by atoms with Gasteiger partial charge in [0.05, 0.1) is 12.2 Å². The SMILES string of the molecule is O=C(NCc1cc(=O)n2ccccc2n1)NC1CCN(C2CC2)C1. The molecule has 2 N–H and O–H groups in total. The molecule has 2 aromatic heterocycles. The summed E-state index contributed by atoms with van der Waals surface area (Å²) in [5.41, 5.74) is 0.999. The smallest absolute Gasteiger partial charge is 0.315 e. The molecule has 1 aliphatic carbocycles. The lowest BCUT2D eigenvalue weighted by Gasteiger charge is -2.16. The van der Waals surface area contributed by atoms with E-state index in [1.807, 2.05) is 6.07 Å². The van der Waals surface area contributed by atoms with Crippen LogP contribution in [0.15, 0.2) is 35.3 Å². The van der Waals surface area contributed by atoms with E-state index in [1.54, 1.807) is 18.3 Å². The van der Waals surface area contributed by atoms with E-state index in [9.17, 15) is 9.59 Å². The van der Waals surface area contributed by atoms with Crippen molar-refractivity contribution in [3.8, 4) is 0 Å². The summed E-state index contributed by atoms with van der Waals surface area (Å²) in [5.74, 6) is 0. The number of likely N-dealkylation sites (tertiary alicyclic amines) is 1. The van der Waals surface area contributed by atoms with Crippen molar-refractivity contribution < 1.29 is 4.79 Å². The Balaban J connectivity index is 1.33. The van der Waals surface area contributed by atoms with Gasteiger partial charge in [-0.15, -0.1) is 0 Å². The molecular formula is C17H21N5O2. The molecule has 3 heterocycles. The molecule has 2 amide bonds. The third-order valence-electron chi connectivity index (χ3n) is 4.67. The van der Waals surface area contributed by atoms with E-state index in [1.165, 1.54) is 23.3 Å². The average molecular weight is 327 g/mol. The highest BCUT2D eigenvalue weighted by Crippen LogP contribution is 2.29. The number of hydrogen-bond acceptors (Lipinski definition) is 4. The van der Waals surface area contributed by atoms with Gasteiger partial charge in [0.15, 0.2) is 0 Å². The van der Waals surface area contributed by atoms with E-state index in [0.717, 1.165) is 25.6 Å². The molecule has 1 aliphatic heterocycles. The van der Waals surface area contributed by atoms with E-state index < -0.39 is 0 Å². The first-order valence-electron chi connectivity index (χ1n) is 8.45. The fraction of sp³-hybridized carbons (Fsp3) is 0.471. The Hall–Kier alpha value is -2.41. The van der Waals surface area contributed by atoms with Gasteiger partial charge in [-0.2, -0.15) is 0 Å². The van der Waals surface area contributed by atoms with Gasteiger partial charge >= 0.3 is 6.03 Å². The number of fused-ring (bicyclic) bond motifs is 1. The van der Waals surface area contributed by atoms with Crippen LogP contribution in [-0.4, -0.2) is 45.5 Å². The standard InChI is InChI=1S/C17H21N5O2/c23-16-9-13(19-15-3-1-2-7-22(15)16)10-18-17(24)20-12-6-8-21(11-12)14-4-5-14/h1-3,7,9,12,14H,4-6,8,10-11H2,(H2,18,20,24). The van der Waals surface area contributed by atoms with Gasteiger partial charge in [-0.25, -0.2) is 9.78 Å². The molecule has 1 saturated carbocycles. The number of nitrogens with one attached hydrogen (secondary N) is 2. The Morgan fingerprint density at radius 2 is 2.17 bits per heavy atom. The molecule has 126 valence electrons. The van der Waals surface area contributed by atoms with Crippen LogP contribution in [0.5, 0.6) is 0 Å². The Kier molecular flexibility index (Phi) is 3.93. The molecular weight excluding hydrogens is 306 g/mol. The molecule has 0 bridgehead atoms. The molecule has 1 unspecified atom stereocenters. The van der Waals surface area contributed by atoms with Crippen molar-refractivity contribution in [1.82, 2.24) is 24.9 Å². The molecule has 2 aromatic rings. The number of pyridine rings is 1. The second-order valence-electron chi connectivity index (χ2n) is 6.55. The molecule has 4 rings (SSSR count). The molecule has 1 atom stereocenters. The molecule has 0 radical (unpaired) electrons. The minimum Gasteiger partial charge on any atom is -0.334 e. The van der Waals surface area contributed by atoms with Crippen LogP contribution >= 0.6 is 0 Å². The predicted molar refractivity (Wildman–Crippen MR) is 89.8 cm³/mol. The highest BCUT2D eigenvalue weighted by Gasteiger charge is 2.34. The summed E-state index contributed by atoms with van der Waals surface area (Å²) in [6.45, 7) is 2.25. The normalized spacial score (nSPS) is 21.1. The Morgan fingerprint density at radius 1 is 1.29 bits per heavy atom. The van der Waals surface area contributed by atoms with Gasteiger partial charge in [-0.3, -0.25) is 14.1 Å². The van der Waals surface area contributed by atoms with Crippen molar-refractivity contribution in [3.05, 3.63) is 46.5 Å². The Bertz CT molecular complexity index is 814. The van der Waals surface area contributed by atoms with Crippen molar-refractivity contribution in [2.45, 2.75) is 37.9 Å². The number of aromatic nitrogens is 2. The summed E-state index contributed by atoms with van der Waals surface area (Å²) >= 11 is 0. The highest BCUT2D eigenvalue weighted by atomic mass is 16.2. The maximum atomic E-state index is 12.1. The summed E-state index contributed by atoms with van der Waals surface area (Å²) < 4.78 is 1.48. The topological polar surface area (TPSA) is 78.7 Å². The quantitative estimate of drug-likeness (QED) is 0.868. The zero-order valence-electron chi connectivity index (χ0n) is 13.4. The maximum absolute atomic E-state index is 12.1. The molecule has 7 nitrogen and oxygen atoms in total. The van der Waals surface area contributed by atoms with E-state index >= 15 is 0 Å². The van der Waals surface area contributed by atoms with Crippen molar-refractivity contribution in [3.63, 3.8) is 0 Å². The molecule has 2 aliphatic rings. The summed E-state index contributed by atoms with van der Waals surface area (Å²) in [7, 11) is 0. The van der Waals surface area contributed by atoms with Gasteiger partial charge in [0.25, 0.3) is 5.56 Å². The van der Waals surface area contributed by atoms with Gasteiger partial charge in [0.2, 0.25) is 0 Å². The molecule has 1 saturated heterocycles. The monoisotopic (exact) mass is 327 g/mol. The van der Waals surface area contributed by atoms with Crippen LogP contribution in [0.25, 0.3) is 5.65 Å². The van der Waals surface area contributed by atoms with E-state index in [2.05, 4.69) is 20.5 Å². The fourth-order valence-electron chi connectivity index (χ4n) is 3.28. The average Bonchev–Trinajstić information content (AvgIpc) is 3.33. The van der Waals surface area contributed by atoms with Crippen molar-refractivity contribution in [2.75, 3.05) is 13.1 Å². The first-order valence-corrected chi connectivity index (χ1v) is 8.45. The van der Waals surface area contributed by atoms with Gasteiger partial charge in [0, 0.05) is 37.4 Å². The van der Waals surface area contributed by atoms with Crippen LogP contribution < -0.4 is 16.2 Å². The minimum absolute atomic E-state index is 0.145. The van der Waals surface area contributed by atoms with Gasteiger partial charge < -0.3 is 10.6 Å². The van der Waals surface area contributed by atoms with E-state index in [4.69, 9.17) is 0 Å². The van der Waals surface area contributed by atoms with E-state index in [0.29, 0.717) is 11.3 Å². The second-order valence-corrected chi connectivity index (χ2v) is 6.55. The number of amides is 2. The second kappa shape index (κ2) is 6.24. The summed E-state index contributed by atoms with van der Waals surface area (Å²) in [6, 6.07) is 7.60.